The molecule has 2 rings (SSSR count). The summed E-state index contributed by atoms with van der Waals surface area (Å²) in [5, 5.41) is 13.6. The lowest BCUT2D eigenvalue weighted by molar-refractivity contribution is -0.383. The summed E-state index contributed by atoms with van der Waals surface area (Å²) in [6.07, 6.45) is 2.97. The summed E-state index contributed by atoms with van der Waals surface area (Å²) in [6.45, 7) is 0. The van der Waals surface area contributed by atoms with Gasteiger partial charge in [0.2, 0.25) is 0 Å². The molecule has 96 valence electrons. The van der Waals surface area contributed by atoms with E-state index in [4.69, 9.17) is 17.3 Å². The zero-order valence-electron chi connectivity index (χ0n) is 9.48. The first kappa shape index (κ1) is 12.6. The number of nitro benzene ring substituents is 1. The molecule has 0 spiro atoms. The molecule has 0 aromatic heterocycles. The lowest BCUT2D eigenvalue weighted by atomic mass is 9.93. The van der Waals surface area contributed by atoms with Gasteiger partial charge in [0.15, 0.2) is 0 Å². The molecule has 0 saturated heterocycles. The highest BCUT2D eigenvalue weighted by atomic mass is 35.5. The summed E-state index contributed by atoms with van der Waals surface area (Å²) in [5.41, 5.74) is 5.18. The SMILES string of the molecule is Nc1c(Cl)cc(C(=O)NC2CCC2)cc1[N+](=O)[O-]. The van der Waals surface area contributed by atoms with Gasteiger partial charge in [0.1, 0.15) is 5.69 Å². The van der Waals surface area contributed by atoms with E-state index < -0.39 is 4.92 Å². The fourth-order valence-electron chi connectivity index (χ4n) is 1.71. The van der Waals surface area contributed by atoms with Crippen LogP contribution in [0.25, 0.3) is 0 Å². The Labute approximate surface area is 108 Å². The number of anilines is 1. The maximum absolute atomic E-state index is 11.9. The van der Waals surface area contributed by atoms with Gasteiger partial charge in [-0.25, -0.2) is 0 Å². The maximum Gasteiger partial charge on any atom is 0.294 e. The Balaban J connectivity index is 2.27. The summed E-state index contributed by atoms with van der Waals surface area (Å²) < 4.78 is 0. The van der Waals surface area contributed by atoms with Crippen LogP contribution in [0.3, 0.4) is 0 Å². The summed E-state index contributed by atoms with van der Waals surface area (Å²) in [4.78, 5) is 22.0. The zero-order valence-corrected chi connectivity index (χ0v) is 10.2. The number of hydrogen-bond acceptors (Lipinski definition) is 4. The van der Waals surface area contributed by atoms with Crippen LogP contribution in [0.4, 0.5) is 11.4 Å². The van der Waals surface area contributed by atoms with Crippen molar-refractivity contribution in [1.82, 2.24) is 5.32 Å². The lowest BCUT2D eigenvalue weighted by Gasteiger charge is -2.26. The molecule has 6 nitrogen and oxygen atoms in total. The quantitative estimate of drug-likeness (QED) is 0.499. The van der Waals surface area contributed by atoms with Crippen LogP contribution in [0.5, 0.6) is 0 Å². The molecule has 1 aliphatic rings. The van der Waals surface area contributed by atoms with Crippen LogP contribution in [-0.4, -0.2) is 16.9 Å². The summed E-state index contributed by atoms with van der Waals surface area (Å²) in [6, 6.07) is 2.65. The Morgan fingerprint density at radius 1 is 1.50 bits per heavy atom. The van der Waals surface area contributed by atoms with Crippen LogP contribution in [0.15, 0.2) is 12.1 Å². The van der Waals surface area contributed by atoms with Crippen molar-refractivity contribution >= 4 is 28.9 Å². The average molecular weight is 270 g/mol. The number of benzene rings is 1. The molecule has 1 aliphatic carbocycles. The summed E-state index contributed by atoms with van der Waals surface area (Å²) >= 11 is 5.78. The smallest absolute Gasteiger partial charge is 0.294 e. The minimum atomic E-state index is -0.651. The van der Waals surface area contributed by atoms with Gasteiger partial charge in [0, 0.05) is 17.7 Å². The van der Waals surface area contributed by atoms with E-state index in [0.29, 0.717) is 0 Å². The highest BCUT2D eigenvalue weighted by Crippen LogP contribution is 2.31. The van der Waals surface area contributed by atoms with Gasteiger partial charge >= 0.3 is 0 Å². The van der Waals surface area contributed by atoms with Crippen LogP contribution in [-0.2, 0) is 0 Å². The van der Waals surface area contributed by atoms with Gasteiger partial charge in [-0.2, -0.15) is 0 Å². The monoisotopic (exact) mass is 269 g/mol. The molecule has 0 aliphatic heterocycles. The van der Waals surface area contributed by atoms with Crippen LogP contribution in [0, 0.1) is 10.1 Å². The molecule has 0 atom stereocenters. The van der Waals surface area contributed by atoms with Crippen molar-refractivity contribution in [2.24, 2.45) is 0 Å². The van der Waals surface area contributed by atoms with Crippen molar-refractivity contribution in [3.05, 3.63) is 32.8 Å². The Morgan fingerprint density at radius 2 is 2.17 bits per heavy atom. The molecule has 1 amide bonds. The van der Waals surface area contributed by atoms with Gasteiger partial charge in [-0.15, -0.1) is 0 Å². The van der Waals surface area contributed by atoms with E-state index >= 15 is 0 Å². The van der Waals surface area contributed by atoms with Crippen molar-refractivity contribution in [2.45, 2.75) is 25.3 Å². The first-order chi connectivity index (χ1) is 8.49. The second-order valence-electron chi connectivity index (χ2n) is 4.25. The molecular formula is C11H12ClN3O3. The molecule has 7 heteroatoms. The van der Waals surface area contributed by atoms with E-state index in [1.807, 2.05) is 0 Å². The molecule has 0 unspecified atom stereocenters. The minimum Gasteiger partial charge on any atom is -0.392 e. The van der Waals surface area contributed by atoms with Gasteiger partial charge < -0.3 is 11.1 Å². The first-order valence-electron chi connectivity index (χ1n) is 5.53. The van der Waals surface area contributed by atoms with Crippen molar-refractivity contribution in [1.29, 1.82) is 0 Å². The molecule has 1 aromatic carbocycles. The van der Waals surface area contributed by atoms with Crippen LogP contribution in [0.2, 0.25) is 5.02 Å². The van der Waals surface area contributed by atoms with Crippen LogP contribution < -0.4 is 11.1 Å². The number of nitrogens with one attached hydrogen (secondary N) is 1. The number of amides is 1. The molecular weight excluding hydrogens is 258 g/mol. The van der Waals surface area contributed by atoms with E-state index in [0.717, 1.165) is 25.3 Å². The lowest BCUT2D eigenvalue weighted by Crippen LogP contribution is -2.39. The molecule has 0 radical (unpaired) electrons. The van der Waals surface area contributed by atoms with E-state index in [1.54, 1.807) is 0 Å². The summed E-state index contributed by atoms with van der Waals surface area (Å²) in [5.74, 6) is -0.357. The minimum absolute atomic E-state index is 0.0166. The second kappa shape index (κ2) is 4.81. The van der Waals surface area contributed by atoms with Gasteiger partial charge in [-0.3, -0.25) is 14.9 Å². The standard InChI is InChI=1S/C11H12ClN3O3/c12-8-4-6(5-9(10(8)13)15(17)18)11(16)14-7-2-1-3-7/h4-5,7H,1-3,13H2,(H,14,16). The fourth-order valence-corrected chi connectivity index (χ4v) is 1.92. The van der Waals surface area contributed by atoms with Crippen molar-refractivity contribution in [3.63, 3.8) is 0 Å². The highest BCUT2D eigenvalue weighted by molar-refractivity contribution is 6.34. The summed E-state index contributed by atoms with van der Waals surface area (Å²) in [7, 11) is 0. The fraction of sp³-hybridized carbons (Fsp3) is 0.364. The Kier molecular flexibility index (Phi) is 3.38. The molecule has 3 N–H and O–H groups in total. The number of carbonyl (C=O) groups is 1. The second-order valence-corrected chi connectivity index (χ2v) is 4.66. The molecule has 0 heterocycles. The van der Waals surface area contributed by atoms with E-state index in [9.17, 15) is 14.9 Å². The number of nitrogen functional groups attached to an aromatic ring is 1. The molecule has 0 bridgehead atoms. The first-order valence-corrected chi connectivity index (χ1v) is 5.91. The Morgan fingerprint density at radius 3 is 2.67 bits per heavy atom. The number of nitrogens with two attached hydrogens (primary N) is 1. The topological polar surface area (TPSA) is 98.3 Å². The number of carbonyl (C=O) groups excluding carboxylic acids is 1. The molecule has 1 fully saturated rings. The third-order valence-corrected chi connectivity index (χ3v) is 3.32. The third-order valence-electron chi connectivity index (χ3n) is 3.01. The Bertz CT molecular complexity index is 515. The molecule has 18 heavy (non-hydrogen) atoms. The third kappa shape index (κ3) is 2.38. The zero-order chi connectivity index (χ0) is 13.3. The molecule has 1 aromatic rings. The number of halogens is 1. The predicted octanol–water partition coefficient (Wildman–Crippen LogP) is 2.11. The normalized spacial score (nSPS) is 14.9. The van der Waals surface area contributed by atoms with E-state index in [1.165, 1.54) is 6.07 Å². The van der Waals surface area contributed by atoms with Crippen molar-refractivity contribution in [2.75, 3.05) is 5.73 Å². The average Bonchev–Trinajstić information content (AvgIpc) is 2.26. The Hall–Kier alpha value is -1.82. The number of nitrogens with zero attached hydrogens (tertiary/aromatic N) is 1. The highest BCUT2D eigenvalue weighted by Gasteiger charge is 2.23. The van der Waals surface area contributed by atoms with E-state index in [2.05, 4.69) is 5.32 Å². The van der Waals surface area contributed by atoms with Gasteiger partial charge in [0.25, 0.3) is 11.6 Å². The number of nitro groups is 1. The number of rotatable bonds is 3. The van der Waals surface area contributed by atoms with E-state index in [-0.39, 0.29) is 33.9 Å². The number of hydrogen-bond donors (Lipinski definition) is 2. The predicted molar refractivity (Wildman–Crippen MR) is 67.6 cm³/mol. The van der Waals surface area contributed by atoms with Crippen molar-refractivity contribution in [3.8, 4) is 0 Å². The van der Waals surface area contributed by atoms with Crippen LogP contribution >= 0.6 is 11.6 Å². The van der Waals surface area contributed by atoms with Crippen molar-refractivity contribution < 1.29 is 9.72 Å². The molecule has 1 saturated carbocycles. The van der Waals surface area contributed by atoms with Gasteiger partial charge in [0.05, 0.1) is 9.95 Å². The maximum atomic E-state index is 11.9. The van der Waals surface area contributed by atoms with Gasteiger partial charge in [-0.1, -0.05) is 11.6 Å². The largest absolute Gasteiger partial charge is 0.392 e. The van der Waals surface area contributed by atoms with Crippen LogP contribution in [0.1, 0.15) is 29.6 Å². The van der Waals surface area contributed by atoms with Gasteiger partial charge in [-0.05, 0) is 25.3 Å².